The molecule has 2 atom stereocenters. The van der Waals surface area contributed by atoms with E-state index in [1.807, 2.05) is 0 Å². The Kier molecular flexibility index (Phi) is 8.79. The SMILES string of the molecule is CNC(=O)[C@@H]1CCCN(C(=O)CC[C@@H](CCCS(=O)(=O)c2ccccc2)C(=O)O)N1. The summed E-state index contributed by atoms with van der Waals surface area (Å²) >= 11 is 0. The molecule has 30 heavy (non-hydrogen) atoms. The number of amides is 2. The molecule has 1 aliphatic heterocycles. The molecule has 1 heterocycles. The van der Waals surface area contributed by atoms with Gasteiger partial charge in [0.2, 0.25) is 11.8 Å². The van der Waals surface area contributed by atoms with Crippen LogP contribution in [0.4, 0.5) is 0 Å². The van der Waals surface area contributed by atoms with E-state index in [9.17, 15) is 27.9 Å². The number of rotatable bonds is 10. The van der Waals surface area contributed by atoms with E-state index in [1.54, 1.807) is 18.2 Å². The molecule has 0 bridgehead atoms. The Bertz CT molecular complexity index is 843. The molecule has 0 unspecified atom stereocenters. The average molecular weight is 440 g/mol. The molecule has 166 valence electrons. The lowest BCUT2D eigenvalue weighted by Gasteiger charge is -2.33. The van der Waals surface area contributed by atoms with Gasteiger partial charge in [-0.25, -0.2) is 13.8 Å². The first-order valence-electron chi connectivity index (χ1n) is 10.0. The molecule has 0 aromatic heterocycles. The second-order valence-corrected chi connectivity index (χ2v) is 9.44. The maximum absolute atomic E-state index is 12.4. The zero-order valence-corrected chi connectivity index (χ0v) is 17.9. The van der Waals surface area contributed by atoms with E-state index in [4.69, 9.17) is 0 Å². The van der Waals surface area contributed by atoms with Crippen LogP contribution < -0.4 is 10.7 Å². The van der Waals surface area contributed by atoms with Gasteiger partial charge in [-0.05, 0) is 44.2 Å². The number of hydrazine groups is 1. The lowest BCUT2D eigenvalue weighted by atomic mass is 9.97. The molecule has 2 rings (SSSR count). The van der Waals surface area contributed by atoms with Crippen molar-refractivity contribution in [1.29, 1.82) is 0 Å². The van der Waals surface area contributed by atoms with Crippen molar-refractivity contribution in [3.63, 3.8) is 0 Å². The van der Waals surface area contributed by atoms with Crippen LogP contribution in [0.15, 0.2) is 35.2 Å². The Morgan fingerprint density at radius 1 is 1.23 bits per heavy atom. The van der Waals surface area contributed by atoms with Gasteiger partial charge in [0.25, 0.3) is 0 Å². The lowest BCUT2D eigenvalue weighted by Crippen LogP contribution is -2.57. The summed E-state index contributed by atoms with van der Waals surface area (Å²) in [5, 5.41) is 13.4. The number of aliphatic carboxylic acids is 1. The van der Waals surface area contributed by atoms with Crippen molar-refractivity contribution in [2.75, 3.05) is 19.3 Å². The fourth-order valence-corrected chi connectivity index (χ4v) is 4.77. The Morgan fingerprint density at radius 3 is 2.57 bits per heavy atom. The average Bonchev–Trinajstić information content (AvgIpc) is 2.75. The Balaban J connectivity index is 1.83. The summed E-state index contributed by atoms with van der Waals surface area (Å²) in [5.74, 6) is -2.47. The van der Waals surface area contributed by atoms with Gasteiger partial charge in [0.15, 0.2) is 9.84 Å². The molecule has 0 aliphatic carbocycles. The van der Waals surface area contributed by atoms with Gasteiger partial charge in [0.1, 0.15) is 6.04 Å². The third-order valence-electron chi connectivity index (χ3n) is 5.17. The highest BCUT2D eigenvalue weighted by Crippen LogP contribution is 2.19. The van der Waals surface area contributed by atoms with E-state index in [-0.39, 0.29) is 48.1 Å². The zero-order valence-electron chi connectivity index (χ0n) is 17.0. The molecule has 3 N–H and O–H groups in total. The van der Waals surface area contributed by atoms with Crippen molar-refractivity contribution in [3.05, 3.63) is 30.3 Å². The molecule has 1 fully saturated rings. The minimum Gasteiger partial charge on any atom is -0.481 e. The van der Waals surface area contributed by atoms with Crippen LogP contribution in [0.25, 0.3) is 0 Å². The van der Waals surface area contributed by atoms with Gasteiger partial charge >= 0.3 is 5.97 Å². The first-order chi connectivity index (χ1) is 14.2. The van der Waals surface area contributed by atoms with Crippen LogP contribution >= 0.6 is 0 Å². The van der Waals surface area contributed by atoms with Gasteiger partial charge in [0.05, 0.1) is 16.6 Å². The van der Waals surface area contributed by atoms with Gasteiger partial charge in [-0.2, -0.15) is 0 Å². The number of hydrogen-bond acceptors (Lipinski definition) is 6. The molecular formula is C20H29N3O6S. The van der Waals surface area contributed by atoms with E-state index in [2.05, 4.69) is 10.7 Å². The van der Waals surface area contributed by atoms with Gasteiger partial charge < -0.3 is 10.4 Å². The molecule has 0 spiro atoms. The number of nitrogens with one attached hydrogen (secondary N) is 2. The number of hydrogen-bond donors (Lipinski definition) is 3. The van der Waals surface area contributed by atoms with Gasteiger partial charge in [0, 0.05) is 20.0 Å². The molecule has 9 nitrogen and oxygen atoms in total. The van der Waals surface area contributed by atoms with Crippen LogP contribution in [-0.4, -0.2) is 61.7 Å². The molecule has 1 saturated heterocycles. The summed E-state index contributed by atoms with van der Waals surface area (Å²) < 4.78 is 24.6. The Hall–Kier alpha value is -2.46. The summed E-state index contributed by atoms with van der Waals surface area (Å²) in [4.78, 5) is 36.0. The Morgan fingerprint density at radius 2 is 1.93 bits per heavy atom. The number of likely N-dealkylation sites (N-methyl/N-ethyl adjacent to an activating group) is 1. The minimum absolute atomic E-state index is 0.00979. The van der Waals surface area contributed by atoms with Crippen LogP contribution in [0.2, 0.25) is 0 Å². The van der Waals surface area contributed by atoms with Crippen molar-refractivity contribution >= 4 is 27.6 Å². The predicted molar refractivity (Wildman–Crippen MR) is 110 cm³/mol. The van der Waals surface area contributed by atoms with E-state index in [0.29, 0.717) is 19.4 Å². The highest BCUT2D eigenvalue weighted by atomic mass is 32.2. The predicted octanol–water partition coefficient (Wildman–Crippen LogP) is 0.963. The topological polar surface area (TPSA) is 133 Å². The van der Waals surface area contributed by atoms with Crippen molar-refractivity contribution < 1.29 is 27.9 Å². The highest BCUT2D eigenvalue weighted by molar-refractivity contribution is 7.91. The zero-order chi connectivity index (χ0) is 22.1. The smallest absolute Gasteiger partial charge is 0.306 e. The quantitative estimate of drug-likeness (QED) is 0.495. The molecular weight excluding hydrogens is 410 g/mol. The summed E-state index contributed by atoms with van der Waals surface area (Å²) in [6, 6.07) is 7.56. The van der Waals surface area contributed by atoms with Gasteiger partial charge in [-0.3, -0.25) is 19.4 Å². The maximum Gasteiger partial charge on any atom is 0.306 e. The number of sulfone groups is 1. The van der Waals surface area contributed by atoms with Crippen molar-refractivity contribution in [2.45, 2.75) is 49.5 Å². The van der Waals surface area contributed by atoms with E-state index >= 15 is 0 Å². The van der Waals surface area contributed by atoms with Gasteiger partial charge in [-0.1, -0.05) is 18.2 Å². The molecule has 1 aromatic rings. The Labute approximate surface area is 176 Å². The highest BCUT2D eigenvalue weighted by Gasteiger charge is 2.28. The van der Waals surface area contributed by atoms with Gasteiger partial charge in [-0.15, -0.1) is 0 Å². The first kappa shape index (κ1) is 23.8. The van der Waals surface area contributed by atoms with E-state index in [0.717, 1.165) is 0 Å². The minimum atomic E-state index is -3.46. The fraction of sp³-hybridized carbons (Fsp3) is 0.550. The number of benzene rings is 1. The van der Waals surface area contributed by atoms with Crippen LogP contribution in [0.5, 0.6) is 0 Å². The third kappa shape index (κ3) is 6.81. The second-order valence-electron chi connectivity index (χ2n) is 7.33. The number of carboxylic acid groups (broad SMARTS) is 1. The molecule has 0 radical (unpaired) electrons. The van der Waals surface area contributed by atoms with Crippen molar-refractivity contribution in [1.82, 2.24) is 15.8 Å². The molecule has 0 saturated carbocycles. The second kappa shape index (κ2) is 11.1. The third-order valence-corrected chi connectivity index (χ3v) is 6.99. The lowest BCUT2D eigenvalue weighted by molar-refractivity contribution is -0.143. The first-order valence-corrected chi connectivity index (χ1v) is 11.7. The number of carbonyl (C=O) groups is 3. The summed E-state index contributed by atoms with van der Waals surface area (Å²) in [7, 11) is -1.93. The van der Waals surface area contributed by atoms with E-state index in [1.165, 1.54) is 24.2 Å². The van der Waals surface area contributed by atoms with Crippen molar-refractivity contribution in [3.8, 4) is 0 Å². The molecule has 10 heteroatoms. The molecule has 2 amide bonds. The monoisotopic (exact) mass is 439 g/mol. The normalized spacial score (nSPS) is 17.9. The summed E-state index contributed by atoms with van der Waals surface area (Å²) in [6.45, 7) is 0.458. The number of carboxylic acids is 1. The summed E-state index contributed by atoms with van der Waals surface area (Å²) in [5.41, 5.74) is 2.88. The fourth-order valence-electron chi connectivity index (χ4n) is 3.42. The standard InChI is InChI=1S/C20H29N3O6S/c1-21-19(25)17-10-5-13-23(22-17)18(24)12-11-15(20(26)27)7-6-14-30(28,29)16-8-3-2-4-9-16/h2-4,8-9,15,17,22H,5-7,10-14H2,1H3,(H,21,25)(H,26,27)/t15-,17+/m1/s1. The molecule has 1 aliphatic rings. The number of nitrogens with zero attached hydrogens (tertiary/aromatic N) is 1. The number of carbonyl (C=O) groups excluding carboxylic acids is 2. The van der Waals surface area contributed by atoms with E-state index < -0.39 is 27.8 Å². The maximum atomic E-state index is 12.4. The van der Waals surface area contributed by atoms with Crippen LogP contribution in [-0.2, 0) is 24.2 Å². The largest absolute Gasteiger partial charge is 0.481 e. The van der Waals surface area contributed by atoms with Crippen LogP contribution in [0, 0.1) is 5.92 Å². The summed E-state index contributed by atoms with van der Waals surface area (Å²) in [6.07, 6.45) is 1.79. The van der Waals surface area contributed by atoms with Crippen LogP contribution in [0.3, 0.4) is 0 Å². The van der Waals surface area contributed by atoms with Crippen LogP contribution in [0.1, 0.15) is 38.5 Å². The van der Waals surface area contributed by atoms with Crippen molar-refractivity contribution in [2.24, 2.45) is 5.92 Å². The molecule has 1 aromatic carbocycles.